The lowest BCUT2D eigenvalue weighted by Crippen LogP contribution is -2.23. The quantitative estimate of drug-likeness (QED) is 0.750. The Morgan fingerprint density at radius 3 is 2.31 bits per heavy atom. The Labute approximate surface area is 97.4 Å². The normalized spacial score (nSPS) is 15.0. The molecule has 0 aromatic rings. The van der Waals surface area contributed by atoms with Crippen LogP contribution in [0.3, 0.4) is 0 Å². The number of rotatable bonds is 4. The Morgan fingerprint density at radius 1 is 1.44 bits per heavy atom. The summed E-state index contributed by atoms with van der Waals surface area (Å²) in [5, 5.41) is 0. The Morgan fingerprint density at radius 2 is 2.00 bits per heavy atom. The molecule has 0 aliphatic carbocycles. The number of nitrogens with zero attached hydrogens (tertiary/aromatic N) is 2. The Hall–Kier alpha value is -0.790. The molecule has 7 heteroatoms. The summed E-state index contributed by atoms with van der Waals surface area (Å²) in [5.74, 6) is 0. The van der Waals surface area contributed by atoms with Crippen molar-refractivity contribution in [3.63, 3.8) is 0 Å². The smallest absolute Gasteiger partial charge is 0.362 e. The third kappa shape index (κ3) is 8.51. The van der Waals surface area contributed by atoms with Crippen LogP contribution in [-0.2, 0) is 14.6 Å². The highest BCUT2D eigenvalue weighted by Crippen LogP contribution is 2.04. The minimum absolute atomic E-state index is 0.870. The molecule has 16 heavy (non-hydrogen) atoms. The maximum atomic E-state index is 9.33. The lowest BCUT2D eigenvalue weighted by molar-refractivity contribution is 0.293. The second kappa shape index (κ2) is 7.48. The summed E-state index contributed by atoms with van der Waals surface area (Å²) < 4.78 is 29.7. The fourth-order valence-electron chi connectivity index (χ4n) is 1.10. The maximum absolute atomic E-state index is 9.33. The van der Waals surface area contributed by atoms with E-state index in [0.29, 0.717) is 0 Å². The van der Waals surface area contributed by atoms with Crippen molar-refractivity contribution in [2.24, 2.45) is 0 Å². The molecule has 0 bridgehead atoms. The van der Waals surface area contributed by atoms with Gasteiger partial charge in [0.15, 0.2) is 0 Å². The van der Waals surface area contributed by atoms with Crippen molar-refractivity contribution in [3.05, 3.63) is 12.4 Å². The van der Waals surface area contributed by atoms with Crippen molar-refractivity contribution in [2.75, 3.05) is 27.4 Å². The maximum Gasteiger partial charge on any atom is 0.397 e. The van der Waals surface area contributed by atoms with Crippen LogP contribution in [0.5, 0.6) is 0 Å². The molecular formula is C9H20N2O4S. The molecule has 0 spiro atoms. The van der Waals surface area contributed by atoms with Crippen LogP contribution < -0.4 is 0 Å². The average Bonchev–Trinajstić information content (AvgIpc) is 2.61. The topological polar surface area (TPSA) is 70.1 Å². The first-order valence-electron chi connectivity index (χ1n) is 5.04. The van der Waals surface area contributed by atoms with Gasteiger partial charge < -0.3 is 9.80 Å². The van der Waals surface area contributed by atoms with Gasteiger partial charge in [0, 0.05) is 26.0 Å². The largest absolute Gasteiger partial charge is 0.397 e. The van der Waals surface area contributed by atoms with E-state index in [4.69, 9.17) is 4.55 Å². The molecule has 1 aliphatic rings. The highest BCUT2D eigenvalue weighted by molar-refractivity contribution is 7.80. The monoisotopic (exact) mass is 252 g/mol. The van der Waals surface area contributed by atoms with Gasteiger partial charge in [-0.1, -0.05) is 13.3 Å². The summed E-state index contributed by atoms with van der Waals surface area (Å²) in [6.07, 6.45) is 6.87. The van der Waals surface area contributed by atoms with E-state index in [-0.39, 0.29) is 0 Å². The molecular weight excluding hydrogens is 232 g/mol. The van der Waals surface area contributed by atoms with Gasteiger partial charge in [0.2, 0.25) is 0 Å². The molecule has 0 atom stereocenters. The summed E-state index contributed by atoms with van der Waals surface area (Å²) in [5.41, 5.74) is 0. The van der Waals surface area contributed by atoms with Crippen molar-refractivity contribution in [2.45, 2.75) is 19.8 Å². The zero-order chi connectivity index (χ0) is 12.6. The molecule has 6 nitrogen and oxygen atoms in total. The fraction of sp³-hybridized carbons (Fsp3) is 0.778. The van der Waals surface area contributed by atoms with Crippen molar-refractivity contribution in [1.29, 1.82) is 0 Å². The molecule has 1 aliphatic heterocycles. The average molecular weight is 252 g/mol. The number of hydrogen-bond donors (Lipinski definition) is 1. The lowest BCUT2D eigenvalue weighted by atomic mass is 10.3. The van der Waals surface area contributed by atoms with E-state index in [1.807, 2.05) is 0 Å². The van der Waals surface area contributed by atoms with E-state index >= 15 is 0 Å². The van der Waals surface area contributed by atoms with Gasteiger partial charge in [-0.05, 0) is 6.42 Å². The van der Waals surface area contributed by atoms with Gasteiger partial charge in [0.05, 0.1) is 13.8 Å². The summed E-state index contributed by atoms with van der Waals surface area (Å²) in [6.45, 7) is 4.50. The van der Waals surface area contributed by atoms with Crippen LogP contribution in [0.4, 0.5) is 0 Å². The lowest BCUT2D eigenvalue weighted by Gasteiger charge is -2.17. The van der Waals surface area contributed by atoms with Gasteiger partial charge in [-0.15, -0.1) is 0 Å². The number of unbranched alkanes of at least 4 members (excludes halogenated alkanes) is 1. The standard InChI is InChI=1S/C8H16N2.CH4O4S/c1-3-4-5-10-7-6-9(2)8-10;1-5-6(2,3)4/h6-7H,3-5,8H2,1-2H3;1H3,(H,2,3,4). The van der Waals surface area contributed by atoms with Crippen molar-refractivity contribution in [1.82, 2.24) is 9.80 Å². The predicted molar refractivity (Wildman–Crippen MR) is 61.9 cm³/mol. The minimum atomic E-state index is -4.16. The summed E-state index contributed by atoms with van der Waals surface area (Å²) in [6, 6.07) is 0. The first kappa shape index (κ1) is 15.2. The molecule has 0 amide bonds. The molecule has 0 unspecified atom stereocenters. The molecule has 1 heterocycles. The second-order valence-electron chi connectivity index (χ2n) is 3.46. The third-order valence-corrected chi connectivity index (χ3v) is 2.37. The SMILES string of the molecule is CCCCN1C=CN(C)C1.COS(=O)(=O)O. The molecule has 0 fully saturated rings. The van der Waals surface area contributed by atoms with E-state index in [1.54, 1.807) is 0 Å². The van der Waals surface area contributed by atoms with Crippen LogP contribution in [0.2, 0.25) is 0 Å². The van der Waals surface area contributed by atoms with E-state index in [1.165, 1.54) is 19.4 Å². The Kier molecular flexibility index (Phi) is 7.11. The van der Waals surface area contributed by atoms with Crippen molar-refractivity contribution in [3.8, 4) is 0 Å². The molecule has 1 N–H and O–H groups in total. The highest BCUT2D eigenvalue weighted by Gasteiger charge is 2.05. The van der Waals surface area contributed by atoms with Gasteiger partial charge in [0.1, 0.15) is 0 Å². The van der Waals surface area contributed by atoms with Crippen molar-refractivity contribution >= 4 is 10.4 Å². The molecule has 0 radical (unpaired) electrons. The van der Waals surface area contributed by atoms with Crippen LogP contribution in [0.1, 0.15) is 19.8 Å². The van der Waals surface area contributed by atoms with Gasteiger partial charge >= 0.3 is 10.4 Å². The van der Waals surface area contributed by atoms with Crippen LogP contribution in [0.15, 0.2) is 12.4 Å². The van der Waals surface area contributed by atoms with Crippen molar-refractivity contribution < 1.29 is 17.2 Å². The summed E-state index contributed by atoms with van der Waals surface area (Å²) in [7, 11) is -1.19. The fourth-order valence-corrected chi connectivity index (χ4v) is 1.10. The van der Waals surface area contributed by atoms with Crippen LogP contribution in [-0.4, -0.2) is 50.1 Å². The molecule has 1 rings (SSSR count). The van der Waals surface area contributed by atoms with Gasteiger partial charge in [0.25, 0.3) is 0 Å². The minimum Gasteiger partial charge on any atom is -0.362 e. The van der Waals surface area contributed by atoms with Crippen LogP contribution in [0, 0.1) is 0 Å². The van der Waals surface area contributed by atoms with E-state index in [0.717, 1.165) is 13.8 Å². The van der Waals surface area contributed by atoms with Gasteiger partial charge in [-0.3, -0.25) is 8.74 Å². The Balaban J connectivity index is 0.000000325. The van der Waals surface area contributed by atoms with Crippen LogP contribution in [0.25, 0.3) is 0 Å². The third-order valence-electron chi connectivity index (χ3n) is 1.95. The second-order valence-corrected chi connectivity index (χ2v) is 4.65. The van der Waals surface area contributed by atoms with Crippen LogP contribution >= 0.6 is 0 Å². The first-order valence-corrected chi connectivity index (χ1v) is 6.41. The van der Waals surface area contributed by atoms with Gasteiger partial charge in [-0.25, -0.2) is 0 Å². The Bertz CT molecular complexity index is 303. The summed E-state index contributed by atoms with van der Waals surface area (Å²) in [4.78, 5) is 4.53. The predicted octanol–water partition coefficient (Wildman–Crippen LogP) is 0.898. The molecule has 0 saturated carbocycles. The van der Waals surface area contributed by atoms with Gasteiger partial charge in [-0.2, -0.15) is 8.42 Å². The zero-order valence-corrected chi connectivity index (χ0v) is 10.8. The first-order chi connectivity index (χ1) is 7.39. The van der Waals surface area contributed by atoms with E-state index < -0.39 is 10.4 Å². The molecule has 96 valence electrons. The zero-order valence-electron chi connectivity index (χ0n) is 9.96. The van der Waals surface area contributed by atoms with E-state index in [9.17, 15) is 8.42 Å². The molecule has 0 aromatic carbocycles. The molecule has 0 aromatic heterocycles. The molecule has 0 saturated heterocycles. The highest BCUT2D eigenvalue weighted by atomic mass is 32.3. The number of hydrogen-bond acceptors (Lipinski definition) is 5. The van der Waals surface area contributed by atoms with E-state index in [2.05, 4.69) is 40.4 Å². The summed E-state index contributed by atoms with van der Waals surface area (Å²) >= 11 is 0.